The highest BCUT2D eigenvalue weighted by Gasteiger charge is 2.19. The van der Waals surface area contributed by atoms with Gasteiger partial charge >= 0.3 is 0 Å². The van der Waals surface area contributed by atoms with E-state index in [4.69, 9.17) is 0 Å². The number of hydrogen-bond acceptors (Lipinski definition) is 3. The Balaban J connectivity index is 2.11. The molecule has 1 aromatic carbocycles. The third kappa shape index (κ3) is 3.45. The van der Waals surface area contributed by atoms with E-state index in [1.165, 1.54) is 32.1 Å². The summed E-state index contributed by atoms with van der Waals surface area (Å²) in [6.07, 6.45) is 6.57. The van der Waals surface area contributed by atoms with Crippen molar-refractivity contribution in [3.8, 4) is 5.75 Å². The highest BCUT2D eigenvalue weighted by atomic mass is 16.3. The average Bonchev–Trinajstić information content (AvgIpc) is 2.47. The van der Waals surface area contributed by atoms with Gasteiger partial charge in [-0.2, -0.15) is 0 Å². The summed E-state index contributed by atoms with van der Waals surface area (Å²) in [5, 5.41) is 13.6. The van der Waals surface area contributed by atoms with Crippen LogP contribution in [0.5, 0.6) is 5.75 Å². The van der Waals surface area contributed by atoms with Gasteiger partial charge in [-0.15, -0.1) is 0 Å². The first kappa shape index (κ1) is 15.2. The Morgan fingerprint density at radius 2 is 2.00 bits per heavy atom. The van der Waals surface area contributed by atoms with Crippen LogP contribution in [0.25, 0.3) is 0 Å². The van der Waals surface area contributed by atoms with Crippen LogP contribution in [0.2, 0.25) is 0 Å². The van der Waals surface area contributed by atoms with Crippen LogP contribution in [0.1, 0.15) is 57.6 Å². The summed E-state index contributed by atoms with van der Waals surface area (Å²) in [5.41, 5.74) is 2.11. The summed E-state index contributed by atoms with van der Waals surface area (Å²) >= 11 is 0. The Bertz CT molecular complexity index is 427. The quantitative estimate of drug-likeness (QED) is 0.858. The van der Waals surface area contributed by atoms with Gasteiger partial charge in [0.25, 0.3) is 0 Å². The third-order valence-electron chi connectivity index (χ3n) is 4.52. The lowest BCUT2D eigenvalue weighted by Gasteiger charge is -2.33. The molecule has 1 fully saturated rings. The fourth-order valence-corrected chi connectivity index (χ4v) is 3.21. The van der Waals surface area contributed by atoms with Crippen LogP contribution in [0.4, 0.5) is 5.69 Å². The van der Waals surface area contributed by atoms with Crippen LogP contribution >= 0.6 is 0 Å². The molecule has 20 heavy (non-hydrogen) atoms. The van der Waals surface area contributed by atoms with E-state index in [9.17, 15) is 5.11 Å². The fraction of sp³-hybridized carbons (Fsp3) is 0.647. The predicted molar refractivity (Wildman–Crippen MR) is 85.5 cm³/mol. The van der Waals surface area contributed by atoms with Crippen LogP contribution < -0.4 is 10.2 Å². The highest BCUT2D eigenvalue weighted by molar-refractivity contribution is 5.54. The van der Waals surface area contributed by atoms with E-state index in [1.54, 1.807) is 0 Å². The number of anilines is 1. The Morgan fingerprint density at radius 1 is 1.30 bits per heavy atom. The summed E-state index contributed by atoms with van der Waals surface area (Å²) in [4.78, 5) is 2.33. The van der Waals surface area contributed by atoms with E-state index in [2.05, 4.69) is 43.2 Å². The van der Waals surface area contributed by atoms with Crippen LogP contribution in [-0.2, 0) is 0 Å². The SMILES string of the molecule is CCNC(C)c1ccc(N(C)C2CCCCC2)cc1O. The van der Waals surface area contributed by atoms with E-state index in [1.807, 2.05) is 6.07 Å². The van der Waals surface area contributed by atoms with Crippen molar-refractivity contribution in [3.63, 3.8) is 0 Å². The van der Waals surface area contributed by atoms with Gasteiger partial charge in [-0.3, -0.25) is 0 Å². The summed E-state index contributed by atoms with van der Waals surface area (Å²) in [6.45, 7) is 5.08. The van der Waals surface area contributed by atoms with Crippen molar-refractivity contribution in [1.82, 2.24) is 5.32 Å². The second-order valence-corrected chi connectivity index (χ2v) is 5.93. The lowest BCUT2D eigenvalue weighted by molar-refractivity contribution is 0.426. The summed E-state index contributed by atoms with van der Waals surface area (Å²) in [7, 11) is 2.15. The molecule has 112 valence electrons. The minimum Gasteiger partial charge on any atom is -0.508 e. The second kappa shape index (κ2) is 6.98. The fourth-order valence-electron chi connectivity index (χ4n) is 3.21. The van der Waals surface area contributed by atoms with E-state index in [0.717, 1.165) is 17.8 Å². The van der Waals surface area contributed by atoms with Gasteiger partial charge in [0, 0.05) is 36.4 Å². The third-order valence-corrected chi connectivity index (χ3v) is 4.52. The molecule has 0 spiro atoms. The Morgan fingerprint density at radius 3 is 2.60 bits per heavy atom. The summed E-state index contributed by atoms with van der Waals surface area (Å²) < 4.78 is 0. The molecule has 0 radical (unpaired) electrons. The molecule has 0 bridgehead atoms. The van der Waals surface area contributed by atoms with Gasteiger partial charge in [-0.05, 0) is 32.4 Å². The van der Waals surface area contributed by atoms with Gasteiger partial charge in [0.05, 0.1) is 0 Å². The molecule has 0 aromatic heterocycles. The molecular formula is C17H28N2O. The number of phenols is 1. The number of phenolic OH excluding ortho intramolecular Hbond substituents is 1. The predicted octanol–water partition coefficient (Wildman–Crippen LogP) is 3.83. The maximum Gasteiger partial charge on any atom is 0.122 e. The number of aromatic hydroxyl groups is 1. The molecule has 1 aliphatic rings. The number of hydrogen-bond donors (Lipinski definition) is 2. The molecule has 0 amide bonds. The minimum absolute atomic E-state index is 0.189. The highest BCUT2D eigenvalue weighted by Crippen LogP contribution is 2.31. The zero-order valence-corrected chi connectivity index (χ0v) is 13.0. The van der Waals surface area contributed by atoms with Gasteiger partial charge in [-0.1, -0.05) is 32.3 Å². The monoisotopic (exact) mass is 276 g/mol. The molecule has 1 unspecified atom stereocenters. The zero-order valence-electron chi connectivity index (χ0n) is 13.0. The molecule has 1 aliphatic carbocycles. The van der Waals surface area contributed by atoms with Crippen molar-refractivity contribution >= 4 is 5.69 Å². The molecule has 0 aliphatic heterocycles. The average molecular weight is 276 g/mol. The van der Waals surface area contributed by atoms with Gasteiger partial charge in [0.15, 0.2) is 0 Å². The van der Waals surface area contributed by atoms with Crippen LogP contribution in [0, 0.1) is 0 Å². The largest absolute Gasteiger partial charge is 0.508 e. The molecule has 1 saturated carbocycles. The Kier molecular flexibility index (Phi) is 5.30. The molecule has 2 N–H and O–H groups in total. The van der Waals surface area contributed by atoms with Crippen molar-refractivity contribution in [2.24, 2.45) is 0 Å². The van der Waals surface area contributed by atoms with Gasteiger partial charge in [0.2, 0.25) is 0 Å². The van der Waals surface area contributed by atoms with Crippen molar-refractivity contribution < 1.29 is 5.11 Å². The summed E-state index contributed by atoms with van der Waals surface area (Å²) in [6, 6.07) is 6.92. The molecule has 0 saturated heterocycles. The van der Waals surface area contributed by atoms with E-state index < -0.39 is 0 Å². The first-order valence-corrected chi connectivity index (χ1v) is 7.92. The van der Waals surface area contributed by atoms with Crippen molar-refractivity contribution in [1.29, 1.82) is 0 Å². The zero-order chi connectivity index (χ0) is 14.5. The van der Waals surface area contributed by atoms with E-state index in [0.29, 0.717) is 11.8 Å². The van der Waals surface area contributed by atoms with Crippen molar-refractivity contribution in [2.75, 3.05) is 18.5 Å². The number of nitrogens with one attached hydrogen (secondary N) is 1. The normalized spacial score (nSPS) is 17.9. The standard InChI is InChI=1S/C17H28N2O/c1-4-18-13(2)16-11-10-15(12-17(16)20)19(3)14-8-6-5-7-9-14/h10-14,18,20H,4-9H2,1-3H3. The van der Waals surface area contributed by atoms with Crippen molar-refractivity contribution in [3.05, 3.63) is 23.8 Å². The molecule has 1 atom stereocenters. The maximum absolute atomic E-state index is 10.3. The topological polar surface area (TPSA) is 35.5 Å². The first-order chi connectivity index (χ1) is 9.63. The number of rotatable bonds is 5. The lowest BCUT2D eigenvalue weighted by Crippen LogP contribution is -2.33. The second-order valence-electron chi connectivity index (χ2n) is 5.93. The molecule has 1 aromatic rings. The summed E-state index contributed by atoms with van der Waals surface area (Å²) in [5.74, 6) is 0.401. The van der Waals surface area contributed by atoms with Crippen LogP contribution in [0.15, 0.2) is 18.2 Å². The Hall–Kier alpha value is -1.22. The van der Waals surface area contributed by atoms with Crippen molar-refractivity contribution in [2.45, 2.75) is 58.0 Å². The van der Waals surface area contributed by atoms with Crippen LogP contribution in [-0.4, -0.2) is 24.7 Å². The Labute approximate surface area is 123 Å². The molecule has 3 nitrogen and oxygen atoms in total. The van der Waals surface area contributed by atoms with Gasteiger partial charge in [0.1, 0.15) is 5.75 Å². The molecule has 0 heterocycles. The van der Waals surface area contributed by atoms with E-state index in [-0.39, 0.29) is 6.04 Å². The molecular weight excluding hydrogens is 248 g/mol. The first-order valence-electron chi connectivity index (χ1n) is 7.92. The minimum atomic E-state index is 0.189. The lowest BCUT2D eigenvalue weighted by atomic mass is 9.94. The molecule has 2 rings (SSSR count). The number of benzene rings is 1. The van der Waals surface area contributed by atoms with E-state index >= 15 is 0 Å². The number of nitrogens with zero attached hydrogens (tertiary/aromatic N) is 1. The van der Waals surface area contributed by atoms with Gasteiger partial charge < -0.3 is 15.3 Å². The molecule has 3 heteroatoms. The maximum atomic E-state index is 10.3. The van der Waals surface area contributed by atoms with Crippen LogP contribution in [0.3, 0.4) is 0 Å². The van der Waals surface area contributed by atoms with Gasteiger partial charge in [-0.25, -0.2) is 0 Å². The smallest absolute Gasteiger partial charge is 0.122 e.